The first-order valence-electron chi connectivity index (χ1n) is 20.2. The molecule has 0 radical (unpaired) electrons. The maximum absolute atomic E-state index is 14.4. The highest BCUT2D eigenvalue weighted by Crippen LogP contribution is 2.25. The Morgan fingerprint density at radius 1 is 0.692 bits per heavy atom. The lowest BCUT2D eigenvalue weighted by atomic mass is 10.1. The lowest BCUT2D eigenvalue weighted by molar-refractivity contribution is -0.624. The minimum atomic E-state index is -3.48. The molecule has 4 aromatic heterocycles. The number of rotatable bonds is 18. The molecule has 0 saturated heterocycles. The van der Waals surface area contributed by atoms with E-state index >= 15 is 0 Å². The Hall–Kier alpha value is -5.44. The van der Waals surface area contributed by atoms with Crippen LogP contribution in [0.3, 0.4) is 0 Å². The van der Waals surface area contributed by atoms with E-state index in [0.717, 1.165) is 66.7 Å². The van der Waals surface area contributed by atoms with Crippen LogP contribution in [0, 0.1) is 24.3 Å². The number of aromatic nitrogens is 6. The lowest BCUT2D eigenvalue weighted by Gasteiger charge is -2.17. The predicted octanol–water partition coefficient (Wildman–Crippen LogP) is 6.05. The van der Waals surface area contributed by atoms with Crippen molar-refractivity contribution >= 4 is 44.9 Å². The third-order valence-corrected chi connectivity index (χ3v) is 10.6. The van der Waals surface area contributed by atoms with Crippen molar-refractivity contribution in [1.82, 2.24) is 29.7 Å². The Morgan fingerprint density at radius 3 is 1.65 bits per heavy atom. The zero-order chi connectivity index (χ0) is 47.6. The van der Waals surface area contributed by atoms with Gasteiger partial charge in [0.25, 0.3) is 22.5 Å². The molecule has 0 atom stereocenters. The third-order valence-electron chi connectivity index (χ3n) is 9.58. The molecule has 0 aliphatic carbocycles. The van der Waals surface area contributed by atoms with Gasteiger partial charge in [-0.15, -0.1) is 0 Å². The van der Waals surface area contributed by atoms with Crippen LogP contribution >= 0.6 is 39.1 Å². The quantitative estimate of drug-likeness (QED) is 0.0342. The van der Waals surface area contributed by atoms with Crippen molar-refractivity contribution in [2.75, 3.05) is 44.6 Å². The predicted molar refractivity (Wildman–Crippen MR) is 246 cm³/mol. The average molecular weight is 1010 g/mol. The molecule has 4 heterocycles. The van der Waals surface area contributed by atoms with Gasteiger partial charge in [-0.25, -0.2) is 9.97 Å². The second-order valence-electron chi connectivity index (χ2n) is 14.4. The molecular weight excluding hydrogens is 959 g/mol. The summed E-state index contributed by atoms with van der Waals surface area (Å²) >= 11 is 15.1. The molecule has 5 N–H and O–H groups in total. The Bertz CT molecular complexity index is 2590. The van der Waals surface area contributed by atoms with E-state index in [2.05, 4.69) is 47.9 Å². The second-order valence-corrected chi connectivity index (χ2v) is 16.0. The number of halogens is 7. The molecule has 0 unspecified atom stereocenters. The number of alkyl halides is 4. The first-order chi connectivity index (χ1) is 30.9. The van der Waals surface area contributed by atoms with Gasteiger partial charge in [-0.3, -0.25) is 9.59 Å². The van der Waals surface area contributed by atoms with E-state index in [1.165, 1.54) is 40.6 Å². The van der Waals surface area contributed by atoms with E-state index in [1.807, 2.05) is 49.4 Å². The summed E-state index contributed by atoms with van der Waals surface area (Å²) in [6.45, 7) is 5.59. The van der Waals surface area contributed by atoms with E-state index < -0.39 is 41.9 Å². The summed E-state index contributed by atoms with van der Waals surface area (Å²) in [5, 5.41) is 32.9. The molecule has 0 saturated carbocycles. The van der Waals surface area contributed by atoms with E-state index in [9.17, 15) is 37.6 Å². The van der Waals surface area contributed by atoms with Crippen molar-refractivity contribution in [2.24, 2.45) is 5.73 Å². The van der Waals surface area contributed by atoms with Crippen LogP contribution < -0.4 is 42.3 Å². The number of aryl methyl sites for hydroxylation is 2. The van der Waals surface area contributed by atoms with Gasteiger partial charge in [0.1, 0.15) is 0 Å². The second kappa shape index (κ2) is 25.3. The summed E-state index contributed by atoms with van der Waals surface area (Å²) in [5.41, 5.74) is 6.68. The lowest BCUT2D eigenvalue weighted by Crippen LogP contribution is -2.41. The van der Waals surface area contributed by atoms with Crippen LogP contribution in [-0.4, -0.2) is 58.4 Å². The molecule has 21 heteroatoms. The van der Waals surface area contributed by atoms with Gasteiger partial charge < -0.3 is 41.2 Å². The third kappa shape index (κ3) is 16.2. The van der Waals surface area contributed by atoms with Gasteiger partial charge in [0.05, 0.1) is 13.1 Å². The minimum absolute atomic E-state index is 0.0911. The Labute approximate surface area is 391 Å². The van der Waals surface area contributed by atoms with Crippen LogP contribution in [0.5, 0.6) is 0 Å². The molecule has 348 valence electrons. The largest absolute Gasteiger partial charge is 0.618 e. The summed E-state index contributed by atoms with van der Waals surface area (Å²) in [7, 11) is 0. The number of anilines is 1. The van der Waals surface area contributed by atoms with Crippen molar-refractivity contribution in [3.8, 4) is 0 Å². The summed E-state index contributed by atoms with van der Waals surface area (Å²) < 4.78 is 58.2. The highest BCUT2D eigenvalue weighted by atomic mass is 79.9. The number of nitrogens with two attached hydrogens (primary N) is 1. The van der Waals surface area contributed by atoms with Gasteiger partial charge in [-0.2, -0.15) is 27.0 Å². The summed E-state index contributed by atoms with van der Waals surface area (Å²) in [6.07, 6.45) is 6.85. The summed E-state index contributed by atoms with van der Waals surface area (Å²) in [6, 6.07) is 23.0. The molecule has 2 aromatic carbocycles. The van der Waals surface area contributed by atoms with Crippen molar-refractivity contribution in [1.29, 1.82) is 0 Å². The SMILES string of the molecule is Cc1cnc(Br)c(=O)n1CCNCCc1cccc(Cl)c1.Cc1cnc(NCC(F)(F)c2cccc[n+]2[O-])c(=O)n1CCNCCc1cccc(Cl)c1.NCC(F)(F)c1cccc[n+]1[O-]. The van der Waals surface area contributed by atoms with Gasteiger partial charge in [0.2, 0.25) is 0 Å². The fourth-order valence-corrected chi connectivity index (χ4v) is 6.83. The zero-order valence-electron chi connectivity index (χ0n) is 35.5. The van der Waals surface area contributed by atoms with Crippen LogP contribution in [0.25, 0.3) is 0 Å². The number of hydrogen-bond acceptors (Lipinski definition) is 10. The van der Waals surface area contributed by atoms with Crippen molar-refractivity contribution < 1.29 is 27.0 Å². The smallest absolute Gasteiger partial charge is 0.347 e. The normalized spacial score (nSPS) is 11.3. The molecule has 0 bridgehead atoms. The van der Waals surface area contributed by atoms with Crippen molar-refractivity contribution in [3.05, 3.63) is 189 Å². The Morgan fingerprint density at radius 2 is 1.17 bits per heavy atom. The van der Waals surface area contributed by atoms with E-state index in [1.54, 1.807) is 17.7 Å². The Kier molecular flexibility index (Phi) is 20.3. The number of nitrogens with zero attached hydrogens (tertiary/aromatic N) is 6. The van der Waals surface area contributed by atoms with Gasteiger partial charge in [0, 0.05) is 84.3 Å². The standard InChI is InChI=1S/C22H24ClF2N5O2.C15H17BrClN3O.C7H8F2N2O/c1-16-14-27-20(28-15-22(24,25)19-7-2-3-11-30(19)32)21(31)29(16)12-10-26-9-8-17-5-4-6-18(23)13-17;1-11-10-19-14(16)15(21)20(11)8-7-18-6-5-12-3-2-4-13(17)9-12;8-7(9,5-10)6-3-1-2-4-11(6)12/h2-7,11,13-14,26H,8-10,12,15H2,1H3,(H,27,28);2-4,9-10,18H,5-8H2,1H3;1-4H,5,10H2. The molecule has 6 rings (SSSR count). The molecule has 0 spiro atoms. The van der Waals surface area contributed by atoms with Gasteiger partial charge in [-0.1, -0.05) is 47.5 Å². The highest BCUT2D eigenvalue weighted by Gasteiger charge is 2.39. The van der Waals surface area contributed by atoms with Gasteiger partial charge in [0.15, 0.2) is 22.8 Å². The minimum Gasteiger partial charge on any atom is -0.618 e. The molecule has 0 aliphatic heterocycles. The number of hydrogen-bond donors (Lipinski definition) is 4. The van der Waals surface area contributed by atoms with Crippen molar-refractivity contribution in [2.45, 2.75) is 51.6 Å². The molecule has 0 amide bonds. The first kappa shape index (κ1) is 52.2. The van der Waals surface area contributed by atoms with Crippen molar-refractivity contribution in [3.63, 3.8) is 0 Å². The summed E-state index contributed by atoms with van der Waals surface area (Å²) in [4.78, 5) is 32.6. The molecule has 0 fully saturated rings. The topological polar surface area (TPSA) is 186 Å². The van der Waals surface area contributed by atoms with E-state index in [0.29, 0.717) is 41.5 Å². The van der Waals surface area contributed by atoms with Gasteiger partial charge >= 0.3 is 11.8 Å². The number of benzene rings is 2. The Balaban J connectivity index is 0.000000239. The number of nitrogens with one attached hydrogen (secondary N) is 3. The van der Waals surface area contributed by atoms with Crippen LogP contribution in [0.4, 0.5) is 23.4 Å². The van der Waals surface area contributed by atoms with Crippen LogP contribution in [0.15, 0.2) is 124 Å². The van der Waals surface area contributed by atoms with E-state index in [-0.39, 0.29) is 20.8 Å². The fourth-order valence-electron chi connectivity index (χ4n) is 6.09. The highest BCUT2D eigenvalue weighted by molar-refractivity contribution is 9.10. The van der Waals surface area contributed by atoms with Crippen LogP contribution in [-0.2, 0) is 37.8 Å². The van der Waals surface area contributed by atoms with E-state index in [4.69, 9.17) is 28.9 Å². The molecule has 14 nitrogen and oxygen atoms in total. The monoisotopic (exact) mass is 1010 g/mol. The first-order valence-corrected chi connectivity index (χ1v) is 21.7. The molecule has 65 heavy (non-hydrogen) atoms. The average Bonchev–Trinajstić information content (AvgIpc) is 3.27. The maximum atomic E-state index is 14.4. The molecule has 6 aromatic rings. The van der Waals surface area contributed by atoms with Crippen LogP contribution in [0.1, 0.15) is 33.9 Å². The van der Waals surface area contributed by atoms with Gasteiger partial charge in [-0.05, 0) is 103 Å². The fraction of sp³-hybridized carbons (Fsp3) is 0.318. The molecular formula is C44H49BrCl2F4N10O4. The summed E-state index contributed by atoms with van der Waals surface area (Å²) in [5.74, 6) is -6.92. The number of pyridine rings is 2. The van der Waals surface area contributed by atoms with Crippen LogP contribution in [0.2, 0.25) is 10.0 Å². The molecule has 0 aliphatic rings. The maximum Gasteiger partial charge on any atom is 0.347 e. The zero-order valence-corrected chi connectivity index (χ0v) is 38.6.